The van der Waals surface area contributed by atoms with E-state index >= 15 is 0 Å². The third kappa shape index (κ3) is 3.71. The predicted octanol–water partition coefficient (Wildman–Crippen LogP) is 5.95. The molecule has 3 aromatic rings. The second-order valence-corrected chi connectivity index (χ2v) is 7.11. The van der Waals surface area contributed by atoms with Crippen molar-refractivity contribution >= 4 is 28.1 Å². The van der Waals surface area contributed by atoms with Crippen molar-refractivity contribution in [2.45, 2.75) is 0 Å². The van der Waals surface area contributed by atoms with Crippen LogP contribution in [0.5, 0.6) is 11.5 Å². The fourth-order valence-electron chi connectivity index (χ4n) is 2.93. The highest BCUT2D eigenvalue weighted by Crippen LogP contribution is 2.44. The highest BCUT2D eigenvalue weighted by atomic mass is 32.2. The molecule has 4 heteroatoms. The first kappa shape index (κ1) is 17.3. The van der Waals surface area contributed by atoms with Gasteiger partial charge in [-0.1, -0.05) is 60.7 Å². The summed E-state index contributed by atoms with van der Waals surface area (Å²) in [7, 11) is 1.59. The van der Waals surface area contributed by atoms with Gasteiger partial charge in [-0.25, -0.2) is 0 Å². The maximum absolute atomic E-state index is 10.5. The molecule has 3 aromatic carbocycles. The van der Waals surface area contributed by atoms with Gasteiger partial charge < -0.3 is 9.84 Å². The maximum Gasteiger partial charge on any atom is 0.143 e. The van der Waals surface area contributed by atoms with Gasteiger partial charge in [0.1, 0.15) is 11.5 Å². The van der Waals surface area contributed by atoms with Gasteiger partial charge in [0.15, 0.2) is 0 Å². The summed E-state index contributed by atoms with van der Waals surface area (Å²) in [5, 5.41) is 10.5. The molecule has 0 aromatic heterocycles. The van der Waals surface area contributed by atoms with Crippen LogP contribution in [-0.4, -0.2) is 12.2 Å². The first-order chi connectivity index (χ1) is 13.2. The van der Waals surface area contributed by atoms with Crippen molar-refractivity contribution in [3.8, 4) is 11.5 Å². The van der Waals surface area contributed by atoms with Crippen molar-refractivity contribution in [2.24, 2.45) is 0 Å². The monoisotopic (exact) mass is 373 g/mol. The Hall–Kier alpha value is -3.11. The number of nitrogens with zero attached hydrogens (tertiary/aromatic N) is 1. The largest absolute Gasteiger partial charge is 0.506 e. The first-order valence-electron chi connectivity index (χ1n) is 8.63. The summed E-state index contributed by atoms with van der Waals surface area (Å²) in [4.78, 5) is 1.12. The fraction of sp³-hybridized carbons (Fsp3) is 0.0435. The topological polar surface area (TPSA) is 32.7 Å². The molecule has 0 bridgehead atoms. The average molecular weight is 373 g/mol. The molecular weight excluding hydrogens is 354 g/mol. The smallest absolute Gasteiger partial charge is 0.143 e. The Morgan fingerprint density at radius 3 is 2.15 bits per heavy atom. The molecule has 0 atom stereocenters. The number of rotatable bonds is 4. The van der Waals surface area contributed by atoms with E-state index in [0.717, 1.165) is 27.3 Å². The van der Waals surface area contributed by atoms with Crippen LogP contribution in [0.2, 0.25) is 0 Å². The van der Waals surface area contributed by atoms with E-state index in [9.17, 15) is 5.11 Å². The van der Waals surface area contributed by atoms with Gasteiger partial charge in [-0.3, -0.25) is 4.31 Å². The van der Waals surface area contributed by atoms with E-state index in [-0.39, 0.29) is 5.75 Å². The Balaban J connectivity index is 1.79. The summed E-state index contributed by atoms with van der Waals surface area (Å²) < 4.78 is 7.21. The van der Waals surface area contributed by atoms with Gasteiger partial charge in [-0.2, -0.15) is 0 Å². The minimum atomic E-state index is 0.180. The van der Waals surface area contributed by atoms with E-state index in [4.69, 9.17) is 4.74 Å². The van der Waals surface area contributed by atoms with Gasteiger partial charge in [0.05, 0.1) is 12.8 Å². The summed E-state index contributed by atoms with van der Waals surface area (Å²) in [5.74, 6) is 0.809. The average Bonchev–Trinajstić information content (AvgIpc) is 2.74. The Labute approximate surface area is 163 Å². The van der Waals surface area contributed by atoms with Crippen LogP contribution in [0.4, 0.5) is 5.69 Å². The van der Waals surface area contributed by atoms with E-state index < -0.39 is 0 Å². The van der Waals surface area contributed by atoms with Gasteiger partial charge in [-0.05, 0) is 41.3 Å². The molecule has 134 valence electrons. The summed E-state index contributed by atoms with van der Waals surface area (Å²) in [6.45, 7) is 0. The molecule has 27 heavy (non-hydrogen) atoms. The number of anilines is 1. The SMILES string of the molecule is COc1ccc(N2C=C(c3ccccc3)C=C(c3ccccc3)S2)c(O)c1. The first-order valence-corrected chi connectivity index (χ1v) is 9.40. The van der Waals surface area contributed by atoms with Gasteiger partial charge in [0.25, 0.3) is 0 Å². The van der Waals surface area contributed by atoms with Gasteiger partial charge >= 0.3 is 0 Å². The summed E-state index contributed by atoms with van der Waals surface area (Å²) >= 11 is 1.58. The second-order valence-electron chi connectivity index (χ2n) is 6.10. The lowest BCUT2D eigenvalue weighted by atomic mass is 10.0. The Kier molecular flexibility index (Phi) is 4.90. The zero-order valence-corrected chi connectivity index (χ0v) is 15.7. The minimum Gasteiger partial charge on any atom is -0.506 e. The van der Waals surface area contributed by atoms with Crippen molar-refractivity contribution in [1.29, 1.82) is 0 Å². The number of methoxy groups -OCH3 is 1. The van der Waals surface area contributed by atoms with Crippen LogP contribution in [0, 0.1) is 0 Å². The zero-order chi connectivity index (χ0) is 18.6. The zero-order valence-electron chi connectivity index (χ0n) is 14.9. The number of phenols is 1. The lowest BCUT2D eigenvalue weighted by Gasteiger charge is -2.27. The van der Waals surface area contributed by atoms with Gasteiger partial charge in [0.2, 0.25) is 0 Å². The molecule has 1 N–H and O–H groups in total. The van der Waals surface area contributed by atoms with Crippen LogP contribution in [0.15, 0.2) is 91.1 Å². The highest BCUT2D eigenvalue weighted by molar-refractivity contribution is 8.09. The third-order valence-electron chi connectivity index (χ3n) is 4.33. The van der Waals surface area contributed by atoms with Crippen molar-refractivity contribution in [2.75, 3.05) is 11.4 Å². The Morgan fingerprint density at radius 1 is 0.852 bits per heavy atom. The van der Waals surface area contributed by atoms with Crippen LogP contribution in [0.25, 0.3) is 10.5 Å². The maximum atomic E-state index is 10.5. The number of phenolic OH excluding ortho intramolecular Hbond substituents is 1. The number of hydrogen-bond acceptors (Lipinski definition) is 4. The molecule has 0 spiro atoms. The molecule has 0 saturated heterocycles. The van der Waals surface area contributed by atoms with E-state index in [0.29, 0.717) is 5.75 Å². The van der Waals surface area contributed by atoms with Crippen LogP contribution in [0.3, 0.4) is 0 Å². The lowest BCUT2D eigenvalue weighted by molar-refractivity contribution is 0.408. The van der Waals surface area contributed by atoms with Crippen molar-refractivity contribution in [3.05, 3.63) is 102 Å². The number of hydrogen-bond donors (Lipinski definition) is 1. The van der Waals surface area contributed by atoms with E-state index in [1.165, 1.54) is 0 Å². The number of ether oxygens (including phenoxy) is 1. The van der Waals surface area contributed by atoms with Gasteiger partial charge in [0, 0.05) is 22.7 Å². The second kappa shape index (κ2) is 7.64. The summed E-state index contributed by atoms with van der Waals surface area (Å²) in [6, 6.07) is 25.9. The molecule has 1 heterocycles. The van der Waals surface area contributed by atoms with Crippen LogP contribution in [0.1, 0.15) is 11.1 Å². The predicted molar refractivity (Wildman–Crippen MR) is 114 cm³/mol. The minimum absolute atomic E-state index is 0.180. The van der Waals surface area contributed by atoms with E-state index in [1.54, 1.807) is 25.1 Å². The molecule has 1 aliphatic heterocycles. The molecule has 0 unspecified atom stereocenters. The van der Waals surface area contributed by atoms with Crippen LogP contribution < -0.4 is 9.04 Å². The molecule has 1 aliphatic rings. The van der Waals surface area contributed by atoms with Gasteiger partial charge in [-0.15, -0.1) is 0 Å². The summed E-state index contributed by atoms with van der Waals surface area (Å²) in [6.07, 6.45) is 4.24. The molecule has 0 fully saturated rings. The molecule has 4 rings (SSSR count). The van der Waals surface area contributed by atoms with Crippen LogP contribution in [-0.2, 0) is 0 Å². The highest BCUT2D eigenvalue weighted by Gasteiger charge is 2.20. The molecule has 0 amide bonds. The van der Waals surface area contributed by atoms with Crippen LogP contribution >= 0.6 is 11.9 Å². The van der Waals surface area contributed by atoms with Crippen molar-refractivity contribution in [3.63, 3.8) is 0 Å². The lowest BCUT2D eigenvalue weighted by Crippen LogP contribution is -2.10. The quantitative estimate of drug-likeness (QED) is 0.573. The molecule has 0 radical (unpaired) electrons. The fourth-order valence-corrected chi connectivity index (χ4v) is 3.98. The third-order valence-corrected chi connectivity index (χ3v) is 5.37. The molecule has 0 saturated carbocycles. The van der Waals surface area contributed by atoms with Crippen molar-refractivity contribution < 1.29 is 9.84 Å². The Morgan fingerprint density at radius 2 is 1.52 bits per heavy atom. The van der Waals surface area contributed by atoms with E-state index in [1.807, 2.05) is 59.0 Å². The standard InChI is InChI=1S/C23H19NO2S/c1-26-20-12-13-21(22(25)15-20)24-16-19(17-8-4-2-5-9-17)14-23(27-24)18-10-6-3-7-11-18/h2-16,25H,1H3. The molecule has 3 nitrogen and oxygen atoms in total. The number of benzene rings is 3. The van der Waals surface area contributed by atoms with E-state index in [2.05, 4.69) is 30.3 Å². The van der Waals surface area contributed by atoms with Crippen molar-refractivity contribution in [1.82, 2.24) is 0 Å². The molecular formula is C23H19NO2S. The number of aromatic hydroxyl groups is 1. The Bertz CT molecular complexity index is 997. The molecule has 0 aliphatic carbocycles. The summed E-state index contributed by atoms with van der Waals surface area (Å²) in [5.41, 5.74) is 4.07. The number of allylic oxidation sites excluding steroid dienone is 2. The normalized spacial score (nSPS) is 13.7.